The van der Waals surface area contributed by atoms with Gasteiger partial charge in [0.15, 0.2) is 0 Å². The van der Waals surface area contributed by atoms with Gasteiger partial charge in [0, 0.05) is 12.6 Å². The molecule has 0 radical (unpaired) electrons. The standard InChI is InChI=1S/C35H38N4O2/c1-35(2)29(24-36-33(40)38-31(25-15-7-3-8-16-25)26-17-9-4-10-18-26)23-30(35)37-34(41)39-32(27-19-11-5-12-20-27)28-21-13-6-14-22-28/h3-22,29-32H,23-24H2,1-2H3,(H2,36,38,40)(H2,37,39,41). The lowest BCUT2D eigenvalue weighted by Gasteiger charge is -2.52. The van der Waals surface area contributed by atoms with Gasteiger partial charge in [0.2, 0.25) is 0 Å². The summed E-state index contributed by atoms with van der Waals surface area (Å²) in [6, 6.07) is 39.0. The number of hydrogen-bond acceptors (Lipinski definition) is 2. The molecule has 1 aliphatic carbocycles. The smallest absolute Gasteiger partial charge is 0.315 e. The molecule has 0 aromatic heterocycles. The van der Waals surface area contributed by atoms with Crippen molar-refractivity contribution in [2.75, 3.05) is 6.54 Å². The fraction of sp³-hybridized carbons (Fsp3) is 0.257. The lowest BCUT2D eigenvalue weighted by Crippen LogP contribution is -2.62. The van der Waals surface area contributed by atoms with Crippen LogP contribution in [0.5, 0.6) is 0 Å². The van der Waals surface area contributed by atoms with E-state index in [2.05, 4.69) is 35.1 Å². The van der Waals surface area contributed by atoms with E-state index in [-0.39, 0.29) is 41.5 Å². The molecule has 6 nitrogen and oxygen atoms in total. The van der Waals surface area contributed by atoms with Crippen LogP contribution in [0.3, 0.4) is 0 Å². The Morgan fingerprint density at radius 3 is 1.37 bits per heavy atom. The number of amides is 4. The van der Waals surface area contributed by atoms with Crippen molar-refractivity contribution >= 4 is 12.1 Å². The van der Waals surface area contributed by atoms with Crippen molar-refractivity contribution in [3.05, 3.63) is 144 Å². The van der Waals surface area contributed by atoms with Gasteiger partial charge in [0.1, 0.15) is 0 Å². The van der Waals surface area contributed by atoms with Crippen molar-refractivity contribution in [1.29, 1.82) is 0 Å². The number of benzene rings is 4. The van der Waals surface area contributed by atoms with Crippen LogP contribution in [-0.2, 0) is 0 Å². The van der Waals surface area contributed by atoms with E-state index in [0.717, 1.165) is 28.7 Å². The summed E-state index contributed by atoms with van der Waals surface area (Å²) in [4.78, 5) is 26.2. The third-order valence-electron chi connectivity index (χ3n) is 8.37. The van der Waals surface area contributed by atoms with E-state index in [0.29, 0.717) is 6.54 Å². The van der Waals surface area contributed by atoms with Crippen LogP contribution < -0.4 is 21.3 Å². The molecule has 2 atom stereocenters. The van der Waals surface area contributed by atoms with Gasteiger partial charge in [-0.05, 0) is 40.0 Å². The van der Waals surface area contributed by atoms with E-state index in [9.17, 15) is 9.59 Å². The third-order valence-corrected chi connectivity index (χ3v) is 8.37. The molecule has 210 valence electrons. The summed E-state index contributed by atoms with van der Waals surface area (Å²) in [6.45, 7) is 4.83. The molecule has 0 saturated heterocycles. The zero-order valence-electron chi connectivity index (χ0n) is 23.6. The molecule has 0 spiro atoms. The lowest BCUT2D eigenvalue weighted by atomic mass is 9.58. The number of hydrogen-bond donors (Lipinski definition) is 4. The molecule has 4 aromatic rings. The number of urea groups is 2. The summed E-state index contributed by atoms with van der Waals surface area (Å²) in [6.07, 6.45) is 0.794. The van der Waals surface area contributed by atoms with Crippen LogP contribution in [0.15, 0.2) is 121 Å². The minimum Gasteiger partial charge on any atom is -0.338 e. The number of nitrogens with one attached hydrogen (secondary N) is 4. The van der Waals surface area contributed by atoms with Crippen LogP contribution in [0.1, 0.15) is 54.6 Å². The molecule has 1 fully saturated rings. The Morgan fingerprint density at radius 2 is 1.00 bits per heavy atom. The maximum absolute atomic E-state index is 13.2. The van der Waals surface area contributed by atoms with Crippen LogP contribution in [-0.4, -0.2) is 24.6 Å². The molecule has 4 N–H and O–H groups in total. The lowest BCUT2D eigenvalue weighted by molar-refractivity contribution is 0.0228. The number of carbonyl (C=O) groups excluding carboxylic acids is 2. The molecule has 2 unspecified atom stereocenters. The van der Waals surface area contributed by atoms with E-state index in [1.54, 1.807) is 0 Å². The van der Waals surface area contributed by atoms with Gasteiger partial charge in [0.05, 0.1) is 12.1 Å². The molecular weight excluding hydrogens is 508 g/mol. The second-order valence-electron chi connectivity index (χ2n) is 11.3. The largest absolute Gasteiger partial charge is 0.338 e. The van der Waals surface area contributed by atoms with Crippen molar-refractivity contribution in [2.45, 2.75) is 38.4 Å². The Labute approximate surface area is 242 Å². The third kappa shape index (κ3) is 6.77. The fourth-order valence-corrected chi connectivity index (χ4v) is 5.64. The van der Waals surface area contributed by atoms with E-state index in [4.69, 9.17) is 0 Å². The first kappa shape index (κ1) is 28.0. The molecule has 1 aliphatic rings. The summed E-state index contributed by atoms with van der Waals surface area (Å²) >= 11 is 0. The first-order valence-electron chi connectivity index (χ1n) is 14.2. The molecular formula is C35H38N4O2. The van der Waals surface area contributed by atoms with E-state index in [1.807, 2.05) is 121 Å². The maximum atomic E-state index is 13.2. The highest BCUT2D eigenvalue weighted by Gasteiger charge is 2.48. The van der Waals surface area contributed by atoms with Gasteiger partial charge >= 0.3 is 12.1 Å². The fourth-order valence-electron chi connectivity index (χ4n) is 5.64. The van der Waals surface area contributed by atoms with Gasteiger partial charge in [-0.3, -0.25) is 0 Å². The van der Waals surface area contributed by atoms with Gasteiger partial charge in [-0.1, -0.05) is 135 Å². The quantitative estimate of drug-likeness (QED) is 0.191. The summed E-state index contributed by atoms with van der Waals surface area (Å²) in [7, 11) is 0. The zero-order valence-corrected chi connectivity index (χ0v) is 23.6. The Morgan fingerprint density at radius 1 is 0.634 bits per heavy atom. The van der Waals surface area contributed by atoms with Crippen molar-refractivity contribution in [3.63, 3.8) is 0 Å². The van der Waals surface area contributed by atoms with E-state index < -0.39 is 0 Å². The van der Waals surface area contributed by atoms with Gasteiger partial charge in [0.25, 0.3) is 0 Å². The van der Waals surface area contributed by atoms with E-state index >= 15 is 0 Å². The van der Waals surface area contributed by atoms with Gasteiger partial charge in [-0.25, -0.2) is 9.59 Å². The van der Waals surface area contributed by atoms with Crippen LogP contribution in [0.2, 0.25) is 0 Å². The topological polar surface area (TPSA) is 82.3 Å². The zero-order chi connectivity index (χ0) is 28.7. The van der Waals surface area contributed by atoms with E-state index in [1.165, 1.54) is 0 Å². The van der Waals surface area contributed by atoms with Crippen molar-refractivity contribution in [2.24, 2.45) is 11.3 Å². The van der Waals surface area contributed by atoms with Crippen LogP contribution >= 0.6 is 0 Å². The van der Waals surface area contributed by atoms with Crippen molar-refractivity contribution in [1.82, 2.24) is 21.3 Å². The highest BCUT2D eigenvalue weighted by Crippen LogP contribution is 2.45. The summed E-state index contributed by atoms with van der Waals surface area (Å²) in [5.41, 5.74) is 3.94. The molecule has 0 bridgehead atoms. The summed E-state index contributed by atoms with van der Waals surface area (Å²) < 4.78 is 0. The Hall–Kier alpha value is -4.58. The second-order valence-corrected chi connectivity index (χ2v) is 11.3. The molecule has 5 rings (SSSR count). The highest BCUT2D eigenvalue weighted by atomic mass is 16.2. The van der Waals surface area contributed by atoms with Gasteiger partial charge < -0.3 is 21.3 Å². The second kappa shape index (κ2) is 12.7. The Balaban J connectivity index is 1.16. The number of rotatable bonds is 9. The first-order chi connectivity index (χ1) is 19.9. The van der Waals surface area contributed by atoms with Crippen molar-refractivity contribution < 1.29 is 9.59 Å². The van der Waals surface area contributed by atoms with Crippen LogP contribution in [0.4, 0.5) is 9.59 Å². The molecule has 1 saturated carbocycles. The predicted octanol–water partition coefficient (Wildman–Crippen LogP) is 6.58. The van der Waals surface area contributed by atoms with Gasteiger partial charge in [-0.2, -0.15) is 0 Å². The minimum absolute atomic E-state index is 0.00550. The first-order valence-corrected chi connectivity index (χ1v) is 14.2. The molecule has 4 aromatic carbocycles. The molecule has 0 aliphatic heterocycles. The van der Waals surface area contributed by atoms with Crippen LogP contribution in [0, 0.1) is 11.3 Å². The maximum Gasteiger partial charge on any atom is 0.315 e. The average molecular weight is 547 g/mol. The molecule has 0 heterocycles. The SMILES string of the molecule is CC1(C)C(CNC(=O)NC(c2ccccc2)c2ccccc2)CC1NC(=O)NC(c1ccccc1)c1ccccc1. The summed E-state index contributed by atoms with van der Waals surface area (Å²) in [5, 5.41) is 12.6. The monoisotopic (exact) mass is 546 g/mol. The predicted molar refractivity (Wildman–Crippen MR) is 163 cm³/mol. The normalized spacial score (nSPS) is 17.4. The van der Waals surface area contributed by atoms with Crippen LogP contribution in [0.25, 0.3) is 0 Å². The summed E-state index contributed by atoms with van der Waals surface area (Å²) in [5.74, 6) is 0.240. The molecule has 6 heteroatoms. The number of carbonyl (C=O) groups is 2. The Bertz CT molecular complexity index is 1330. The highest BCUT2D eigenvalue weighted by molar-refractivity contribution is 5.76. The van der Waals surface area contributed by atoms with Gasteiger partial charge in [-0.15, -0.1) is 0 Å². The Kier molecular flexibility index (Phi) is 8.68. The average Bonchev–Trinajstić information content (AvgIpc) is 3.01. The van der Waals surface area contributed by atoms with Crippen molar-refractivity contribution in [3.8, 4) is 0 Å². The minimum atomic E-state index is -0.246. The molecule has 41 heavy (non-hydrogen) atoms. The molecule has 4 amide bonds.